The average molecular weight is 320 g/mol. The maximum atomic E-state index is 12.1. The molecule has 1 aromatic rings. The molecule has 1 amide bonds. The molecule has 1 aliphatic rings. The van der Waals surface area contributed by atoms with Crippen LogP contribution in [0.1, 0.15) is 46.2 Å². The summed E-state index contributed by atoms with van der Waals surface area (Å²) < 4.78 is 5.44. The number of ether oxygens (including phenoxy) is 1. The Morgan fingerprint density at radius 3 is 2.65 bits per heavy atom. The van der Waals surface area contributed by atoms with E-state index in [-0.39, 0.29) is 11.5 Å². The summed E-state index contributed by atoms with van der Waals surface area (Å²) in [5.41, 5.74) is 0.762. The zero-order chi connectivity index (χ0) is 16.9. The van der Waals surface area contributed by atoms with Crippen molar-refractivity contribution in [2.24, 2.45) is 5.41 Å². The molecule has 128 valence electrons. The van der Waals surface area contributed by atoms with Crippen molar-refractivity contribution in [3.05, 3.63) is 24.3 Å². The van der Waals surface area contributed by atoms with Gasteiger partial charge >= 0.3 is 6.09 Å². The third-order valence-electron chi connectivity index (χ3n) is 4.12. The lowest BCUT2D eigenvalue weighted by Gasteiger charge is -2.39. The summed E-state index contributed by atoms with van der Waals surface area (Å²) >= 11 is 0. The maximum Gasteiger partial charge on any atom is 0.410 e. The van der Waals surface area contributed by atoms with Crippen LogP contribution in [0.3, 0.4) is 0 Å². The van der Waals surface area contributed by atoms with E-state index in [2.05, 4.69) is 22.2 Å². The molecule has 23 heavy (non-hydrogen) atoms. The van der Waals surface area contributed by atoms with E-state index >= 15 is 0 Å². The molecular formula is C17H28N4O2. The van der Waals surface area contributed by atoms with Gasteiger partial charge < -0.3 is 15.0 Å². The van der Waals surface area contributed by atoms with Gasteiger partial charge in [0, 0.05) is 32.4 Å². The molecule has 1 aliphatic heterocycles. The molecule has 1 saturated heterocycles. The van der Waals surface area contributed by atoms with Crippen LogP contribution >= 0.6 is 0 Å². The van der Waals surface area contributed by atoms with E-state index in [9.17, 15) is 4.79 Å². The number of piperidine rings is 1. The lowest BCUT2D eigenvalue weighted by molar-refractivity contribution is 0.0119. The Hall–Kier alpha value is -1.69. The van der Waals surface area contributed by atoms with E-state index < -0.39 is 5.60 Å². The van der Waals surface area contributed by atoms with Crippen molar-refractivity contribution in [2.75, 3.05) is 19.6 Å². The van der Waals surface area contributed by atoms with Crippen molar-refractivity contribution in [3.63, 3.8) is 0 Å². The zero-order valence-electron chi connectivity index (χ0n) is 14.6. The van der Waals surface area contributed by atoms with Crippen LogP contribution in [0.15, 0.2) is 18.6 Å². The summed E-state index contributed by atoms with van der Waals surface area (Å²) in [5, 5.41) is 3.47. The molecule has 0 radical (unpaired) electrons. The molecular weight excluding hydrogens is 292 g/mol. The first-order valence-corrected chi connectivity index (χ1v) is 8.21. The predicted octanol–water partition coefficient (Wildman–Crippen LogP) is 2.60. The van der Waals surface area contributed by atoms with E-state index in [1.165, 1.54) is 0 Å². The number of likely N-dealkylation sites (tertiary alicyclic amines) is 1. The summed E-state index contributed by atoms with van der Waals surface area (Å²) in [6, 6.07) is 1.92. The molecule has 0 aromatic carbocycles. The minimum absolute atomic E-state index is 0.200. The maximum absolute atomic E-state index is 12.1. The lowest BCUT2D eigenvalue weighted by Crippen LogP contribution is -2.47. The van der Waals surface area contributed by atoms with Crippen LogP contribution in [0, 0.1) is 5.41 Å². The Kier molecular flexibility index (Phi) is 5.57. The molecule has 1 N–H and O–H groups in total. The molecule has 6 heteroatoms. The van der Waals surface area contributed by atoms with Crippen molar-refractivity contribution < 1.29 is 9.53 Å². The first kappa shape index (κ1) is 17.7. The van der Waals surface area contributed by atoms with Gasteiger partial charge in [0.2, 0.25) is 0 Å². The smallest absolute Gasteiger partial charge is 0.410 e. The van der Waals surface area contributed by atoms with Crippen LogP contribution in [0.5, 0.6) is 0 Å². The van der Waals surface area contributed by atoms with Crippen molar-refractivity contribution in [1.29, 1.82) is 0 Å². The highest BCUT2D eigenvalue weighted by Gasteiger charge is 2.33. The molecule has 0 saturated carbocycles. The van der Waals surface area contributed by atoms with Gasteiger partial charge in [-0.3, -0.25) is 0 Å². The highest BCUT2D eigenvalue weighted by Crippen LogP contribution is 2.30. The van der Waals surface area contributed by atoms with E-state index in [0.29, 0.717) is 0 Å². The molecule has 2 rings (SSSR count). The highest BCUT2D eigenvalue weighted by atomic mass is 16.6. The molecule has 0 aliphatic carbocycles. The number of nitrogens with one attached hydrogen (secondary N) is 1. The monoisotopic (exact) mass is 320 g/mol. The normalized spacial score (nSPS) is 17.8. The van der Waals surface area contributed by atoms with Crippen LogP contribution in [0.4, 0.5) is 4.79 Å². The number of amides is 1. The largest absolute Gasteiger partial charge is 0.444 e. The van der Waals surface area contributed by atoms with Crippen molar-refractivity contribution in [3.8, 4) is 0 Å². The van der Waals surface area contributed by atoms with Gasteiger partial charge in [0.15, 0.2) is 0 Å². The fraction of sp³-hybridized carbons (Fsp3) is 0.706. The molecule has 6 nitrogen and oxygen atoms in total. The second-order valence-corrected chi connectivity index (χ2v) is 7.58. The number of hydrogen-bond donors (Lipinski definition) is 1. The van der Waals surface area contributed by atoms with Crippen molar-refractivity contribution in [2.45, 2.75) is 52.7 Å². The molecule has 1 fully saturated rings. The van der Waals surface area contributed by atoms with Gasteiger partial charge in [-0.25, -0.2) is 14.8 Å². The third kappa shape index (κ3) is 5.78. The van der Waals surface area contributed by atoms with Gasteiger partial charge in [-0.1, -0.05) is 6.92 Å². The summed E-state index contributed by atoms with van der Waals surface area (Å²) in [7, 11) is 0. The van der Waals surface area contributed by atoms with Gasteiger partial charge in [-0.2, -0.15) is 0 Å². The molecule has 1 aromatic heterocycles. The molecule has 0 unspecified atom stereocenters. The van der Waals surface area contributed by atoms with Gasteiger partial charge in [-0.05, 0) is 45.1 Å². The number of carbonyl (C=O) groups excluding carboxylic acids is 1. The molecule has 2 heterocycles. The quantitative estimate of drug-likeness (QED) is 0.923. The zero-order valence-corrected chi connectivity index (χ0v) is 14.6. The summed E-state index contributed by atoms with van der Waals surface area (Å²) in [5.74, 6) is 0. The first-order chi connectivity index (χ1) is 10.8. The Morgan fingerprint density at radius 1 is 1.39 bits per heavy atom. The van der Waals surface area contributed by atoms with Gasteiger partial charge in [0.05, 0.1) is 5.69 Å². The van der Waals surface area contributed by atoms with Gasteiger partial charge in [-0.15, -0.1) is 0 Å². The van der Waals surface area contributed by atoms with E-state index in [1.807, 2.05) is 31.7 Å². The van der Waals surface area contributed by atoms with Gasteiger partial charge in [0.25, 0.3) is 0 Å². The molecule has 0 spiro atoms. The van der Waals surface area contributed by atoms with Gasteiger partial charge in [0.1, 0.15) is 11.9 Å². The first-order valence-electron chi connectivity index (χ1n) is 8.21. The minimum Gasteiger partial charge on any atom is -0.444 e. The Morgan fingerprint density at radius 2 is 2.09 bits per heavy atom. The fourth-order valence-electron chi connectivity index (χ4n) is 2.65. The lowest BCUT2D eigenvalue weighted by atomic mass is 9.80. The SMILES string of the molecule is CC1(CNCc2ccncn2)CCN(C(=O)OC(C)(C)C)CC1. The minimum atomic E-state index is -0.434. The van der Waals surface area contributed by atoms with Crippen LogP contribution in [0.2, 0.25) is 0 Å². The van der Waals surface area contributed by atoms with Crippen LogP contribution < -0.4 is 5.32 Å². The highest BCUT2D eigenvalue weighted by molar-refractivity contribution is 5.68. The van der Waals surface area contributed by atoms with E-state index in [0.717, 1.165) is 44.7 Å². The number of nitrogens with zero attached hydrogens (tertiary/aromatic N) is 3. The number of carbonyl (C=O) groups is 1. The Balaban J connectivity index is 1.75. The number of aromatic nitrogens is 2. The Bertz CT molecular complexity index is 505. The number of hydrogen-bond acceptors (Lipinski definition) is 5. The predicted molar refractivity (Wildman–Crippen MR) is 88.9 cm³/mol. The fourth-order valence-corrected chi connectivity index (χ4v) is 2.65. The third-order valence-corrected chi connectivity index (χ3v) is 4.12. The van der Waals surface area contributed by atoms with Crippen LogP contribution in [-0.4, -0.2) is 46.2 Å². The van der Waals surface area contributed by atoms with Crippen molar-refractivity contribution >= 4 is 6.09 Å². The summed E-state index contributed by atoms with van der Waals surface area (Å²) in [6.07, 6.45) is 5.07. The summed E-state index contributed by atoms with van der Waals surface area (Å²) in [4.78, 5) is 22.0. The van der Waals surface area contributed by atoms with E-state index in [1.54, 1.807) is 12.5 Å². The second-order valence-electron chi connectivity index (χ2n) is 7.58. The average Bonchev–Trinajstić information content (AvgIpc) is 2.47. The second kappa shape index (κ2) is 7.25. The van der Waals surface area contributed by atoms with Crippen LogP contribution in [0.25, 0.3) is 0 Å². The number of rotatable bonds is 4. The summed E-state index contributed by atoms with van der Waals surface area (Å²) in [6.45, 7) is 11.1. The molecule has 0 atom stereocenters. The standard InChI is InChI=1S/C17H28N4O2/c1-16(2,3)23-15(22)21-9-6-17(4,7-10-21)12-19-11-14-5-8-18-13-20-14/h5,8,13,19H,6-7,9-12H2,1-4H3. The van der Waals surface area contributed by atoms with Crippen LogP contribution in [-0.2, 0) is 11.3 Å². The molecule has 0 bridgehead atoms. The van der Waals surface area contributed by atoms with Crippen molar-refractivity contribution in [1.82, 2.24) is 20.2 Å². The van der Waals surface area contributed by atoms with E-state index in [4.69, 9.17) is 4.74 Å². The topological polar surface area (TPSA) is 67.4 Å². The Labute approximate surface area is 138 Å².